The molecule has 9 heteroatoms. The summed E-state index contributed by atoms with van der Waals surface area (Å²) in [4.78, 5) is 20.1. The minimum atomic E-state index is -4.47. The summed E-state index contributed by atoms with van der Waals surface area (Å²) in [6, 6.07) is -0.542. The highest BCUT2D eigenvalue weighted by molar-refractivity contribution is 7.12. The van der Waals surface area contributed by atoms with Crippen LogP contribution in [-0.4, -0.2) is 15.9 Å². The second-order valence-corrected chi connectivity index (χ2v) is 6.01. The van der Waals surface area contributed by atoms with Crippen LogP contribution in [0.15, 0.2) is 10.9 Å². The maximum absolute atomic E-state index is 12.6. The van der Waals surface area contributed by atoms with Crippen molar-refractivity contribution in [1.29, 1.82) is 0 Å². The summed E-state index contributed by atoms with van der Waals surface area (Å²) < 4.78 is 37.7. The van der Waals surface area contributed by atoms with Gasteiger partial charge in [0.1, 0.15) is 9.88 Å². The van der Waals surface area contributed by atoms with Gasteiger partial charge in [0.05, 0.1) is 17.2 Å². The number of thiazole rings is 2. The van der Waals surface area contributed by atoms with Gasteiger partial charge in [0.2, 0.25) is 0 Å². The average Bonchev–Trinajstić information content (AvgIpc) is 3.03. The molecule has 2 rings (SSSR count). The maximum atomic E-state index is 12.6. The molecule has 0 aromatic carbocycles. The number of aromatic nitrogens is 2. The number of hydrogen-bond donors (Lipinski definition) is 1. The lowest BCUT2D eigenvalue weighted by Gasteiger charge is -2.14. The number of hydrogen-bond acceptors (Lipinski definition) is 5. The Morgan fingerprint density at radius 3 is 2.62 bits per heavy atom. The third kappa shape index (κ3) is 3.59. The Balaban J connectivity index is 2.15. The van der Waals surface area contributed by atoms with Crippen molar-refractivity contribution in [1.82, 2.24) is 15.3 Å². The topological polar surface area (TPSA) is 54.9 Å². The average molecular weight is 335 g/mol. The molecule has 0 saturated carbocycles. The van der Waals surface area contributed by atoms with Crippen LogP contribution in [0, 0.1) is 6.92 Å². The molecule has 114 valence electrons. The first-order valence-corrected chi connectivity index (χ1v) is 7.82. The monoisotopic (exact) mass is 335 g/mol. The van der Waals surface area contributed by atoms with Gasteiger partial charge < -0.3 is 5.32 Å². The zero-order chi connectivity index (χ0) is 15.6. The summed E-state index contributed by atoms with van der Waals surface area (Å²) in [5.41, 5.74) is 1.22. The number of carbonyl (C=O) groups is 1. The Kier molecular flexibility index (Phi) is 4.62. The highest BCUT2D eigenvalue weighted by atomic mass is 32.1. The lowest BCUT2D eigenvalue weighted by atomic mass is 10.2. The molecule has 0 fully saturated rings. The maximum Gasteiger partial charge on any atom is 0.434 e. The summed E-state index contributed by atoms with van der Waals surface area (Å²) in [5, 5.41) is 3.91. The molecule has 21 heavy (non-hydrogen) atoms. The minimum absolute atomic E-state index is 0.250. The summed E-state index contributed by atoms with van der Waals surface area (Å²) in [7, 11) is 0. The summed E-state index contributed by atoms with van der Waals surface area (Å²) in [5.74, 6) is -0.342. The third-order valence-electron chi connectivity index (χ3n) is 2.78. The number of alkyl halides is 3. The van der Waals surface area contributed by atoms with Crippen LogP contribution in [0.3, 0.4) is 0 Å². The van der Waals surface area contributed by atoms with Crippen LogP contribution in [0.2, 0.25) is 0 Å². The van der Waals surface area contributed by atoms with Gasteiger partial charge in [0.25, 0.3) is 5.91 Å². The van der Waals surface area contributed by atoms with E-state index in [-0.39, 0.29) is 10.9 Å². The summed E-state index contributed by atoms with van der Waals surface area (Å²) >= 11 is 2.09. The van der Waals surface area contributed by atoms with E-state index in [0.29, 0.717) is 17.0 Å². The molecule has 0 aliphatic carbocycles. The molecule has 0 saturated heterocycles. The van der Waals surface area contributed by atoms with Crippen LogP contribution in [0.4, 0.5) is 13.2 Å². The van der Waals surface area contributed by atoms with Crippen molar-refractivity contribution >= 4 is 28.6 Å². The molecule has 0 aliphatic heterocycles. The van der Waals surface area contributed by atoms with Gasteiger partial charge in [-0.3, -0.25) is 4.79 Å². The van der Waals surface area contributed by atoms with Crippen LogP contribution in [-0.2, 0) is 6.18 Å². The van der Waals surface area contributed by atoms with Crippen molar-refractivity contribution in [3.8, 4) is 0 Å². The van der Waals surface area contributed by atoms with Gasteiger partial charge >= 0.3 is 6.18 Å². The fourth-order valence-electron chi connectivity index (χ4n) is 1.66. The van der Waals surface area contributed by atoms with Gasteiger partial charge in [0.15, 0.2) is 5.69 Å². The Morgan fingerprint density at radius 1 is 1.43 bits per heavy atom. The Morgan fingerprint density at radius 2 is 2.14 bits per heavy atom. The number of carbonyl (C=O) groups excluding carboxylic acids is 1. The Hall–Kier alpha value is -1.48. The second-order valence-electron chi connectivity index (χ2n) is 4.27. The molecule has 1 N–H and O–H groups in total. The normalized spacial score (nSPS) is 13.2. The highest BCUT2D eigenvalue weighted by Gasteiger charge is 2.34. The second kappa shape index (κ2) is 6.10. The molecule has 4 nitrogen and oxygen atoms in total. The van der Waals surface area contributed by atoms with Crippen molar-refractivity contribution in [2.45, 2.75) is 32.5 Å². The van der Waals surface area contributed by atoms with E-state index in [0.717, 1.165) is 16.7 Å². The molecule has 2 aromatic heterocycles. The first kappa shape index (κ1) is 15.9. The van der Waals surface area contributed by atoms with Crippen LogP contribution in [0.1, 0.15) is 45.5 Å². The zero-order valence-corrected chi connectivity index (χ0v) is 12.8. The van der Waals surface area contributed by atoms with Gasteiger partial charge in [0, 0.05) is 5.38 Å². The molecule has 0 radical (unpaired) electrons. The van der Waals surface area contributed by atoms with Crippen molar-refractivity contribution in [2.24, 2.45) is 0 Å². The number of aryl methyl sites for hydroxylation is 1. The molecule has 1 atom stereocenters. The minimum Gasteiger partial charge on any atom is -0.342 e. The molecular formula is C12H12F3N3OS2. The van der Waals surface area contributed by atoms with Gasteiger partial charge in [-0.15, -0.1) is 22.7 Å². The van der Waals surface area contributed by atoms with Crippen LogP contribution >= 0.6 is 22.7 Å². The number of rotatable bonds is 4. The quantitative estimate of drug-likeness (QED) is 0.924. The smallest absolute Gasteiger partial charge is 0.342 e. The van der Waals surface area contributed by atoms with Crippen molar-refractivity contribution in [3.63, 3.8) is 0 Å². The van der Waals surface area contributed by atoms with Gasteiger partial charge in [-0.1, -0.05) is 6.92 Å². The van der Waals surface area contributed by atoms with Crippen LogP contribution < -0.4 is 5.32 Å². The largest absolute Gasteiger partial charge is 0.434 e. The molecule has 2 heterocycles. The molecule has 1 amide bonds. The fraction of sp³-hybridized carbons (Fsp3) is 0.417. The van der Waals surface area contributed by atoms with Gasteiger partial charge in [-0.25, -0.2) is 9.97 Å². The van der Waals surface area contributed by atoms with E-state index in [1.807, 2.05) is 0 Å². The van der Waals surface area contributed by atoms with Crippen LogP contribution in [0.5, 0.6) is 0 Å². The summed E-state index contributed by atoms with van der Waals surface area (Å²) in [6.45, 7) is 3.48. The van der Waals surface area contributed by atoms with E-state index in [9.17, 15) is 18.0 Å². The van der Waals surface area contributed by atoms with Crippen molar-refractivity contribution < 1.29 is 18.0 Å². The Labute approximate surface area is 127 Å². The number of nitrogens with one attached hydrogen (secondary N) is 1. The van der Waals surface area contributed by atoms with Crippen molar-refractivity contribution in [3.05, 3.63) is 32.2 Å². The first-order valence-electron chi connectivity index (χ1n) is 6.06. The fourth-order valence-corrected chi connectivity index (χ4v) is 3.32. The van der Waals surface area contributed by atoms with Crippen molar-refractivity contribution in [2.75, 3.05) is 0 Å². The number of halogens is 3. The Bertz CT molecular complexity index is 636. The van der Waals surface area contributed by atoms with Gasteiger partial charge in [-0.2, -0.15) is 13.2 Å². The van der Waals surface area contributed by atoms with Gasteiger partial charge in [-0.05, 0) is 13.3 Å². The molecule has 0 aliphatic rings. The lowest BCUT2D eigenvalue weighted by Crippen LogP contribution is -2.28. The van der Waals surface area contributed by atoms with E-state index >= 15 is 0 Å². The molecular weight excluding hydrogens is 323 g/mol. The van der Waals surface area contributed by atoms with E-state index in [4.69, 9.17) is 0 Å². The van der Waals surface area contributed by atoms with E-state index < -0.39 is 17.9 Å². The SMILES string of the molecule is CC[C@H](NC(=O)c1scnc1C)c1nc(C(F)(F)F)cs1. The zero-order valence-electron chi connectivity index (χ0n) is 11.2. The molecule has 0 unspecified atom stereocenters. The summed E-state index contributed by atoms with van der Waals surface area (Å²) in [6.07, 6.45) is -4.01. The molecule has 0 spiro atoms. The predicted octanol–water partition coefficient (Wildman–Crippen LogP) is 3.81. The standard InChI is InChI=1S/C12H12F3N3OS2/c1-3-7(11-18-8(4-20-11)12(13,14)15)17-10(19)9-6(2)16-5-21-9/h4-5,7H,3H2,1-2H3,(H,17,19)/t7-/m0/s1. The van der Waals surface area contributed by atoms with E-state index in [1.165, 1.54) is 11.3 Å². The van der Waals surface area contributed by atoms with Crippen LogP contribution in [0.25, 0.3) is 0 Å². The number of nitrogens with zero attached hydrogens (tertiary/aromatic N) is 2. The molecule has 0 bridgehead atoms. The van der Waals surface area contributed by atoms with E-state index in [2.05, 4.69) is 15.3 Å². The predicted molar refractivity (Wildman–Crippen MR) is 74.5 cm³/mol. The highest BCUT2D eigenvalue weighted by Crippen LogP contribution is 2.32. The van der Waals surface area contributed by atoms with E-state index in [1.54, 1.807) is 19.4 Å². The third-order valence-corrected chi connectivity index (χ3v) is 4.66. The lowest BCUT2D eigenvalue weighted by molar-refractivity contribution is -0.140. The first-order chi connectivity index (χ1) is 9.82. The number of amides is 1. The molecule has 2 aromatic rings.